The third-order valence-electron chi connectivity index (χ3n) is 2.99. The Bertz CT molecular complexity index is 643. The van der Waals surface area contributed by atoms with Gasteiger partial charge in [-0.25, -0.2) is 0 Å². The predicted octanol–water partition coefficient (Wildman–Crippen LogP) is 3.12. The van der Waals surface area contributed by atoms with Crippen molar-refractivity contribution in [2.24, 2.45) is 0 Å². The second kappa shape index (κ2) is 5.66. The van der Waals surface area contributed by atoms with Crippen LogP contribution in [0.3, 0.4) is 0 Å². The SMILES string of the molecule is CCn1nc(C)c(N)c1C(=O)Nc1cc(C)cc(Br)c1. The second-order valence-electron chi connectivity index (χ2n) is 4.63. The van der Waals surface area contributed by atoms with Gasteiger partial charge in [0.05, 0.1) is 11.4 Å². The summed E-state index contributed by atoms with van der Waals surface area (Å²) in [6.45, 7) is 6.28. The first-order valence-electron chi connectivity index (χ1n) is 6.33. The first-order valence-corrected chi connectivity index (χ1v) is 7.13. The number of aromatic nitrogens is 2. The Morgan fingerprint density at radius 3 is 2.70 bits per heavy atom. The van der Waals surface area contributed by atoms with Crippen LogP contribution in [0.15, 0.2) is 22.7 Å². The number of nitrogens with zero attached hydrogens (tertiary/aromatic N) is 2. The quantitative estimate of drug-likeness (QED) is 0.904. The van der Waals surface area contributed by atoms with Crippen molar-refractivity contribution in [2.75, 3.05) is 11.1 Å². The van der Waals surface area contributed by atoms with Crippen LogP contribution in [0, 0.1) is 13.8 Å². The van der Waals surface area contributed by atoms with E-state index in [0.29, 0.717) is 23.6 Å². The van der Waals surface area contributed by atoms with Crippen molar-refractivity contribution < 1.29 is 4.79 Å². The minimum absolute atomic E-state index is 0.248. The molecule has 1 heterocycles. The van der Waals surface area contributed by atoms with Gasteiger partial charge in [-0.05, 0) is 44.5 Å². The van der Waals surface area contributed by atoms with E-state index in [4.69, 9.17) is 5.73 Å². The molecule has 0 aliphatic heterocycles. The van der Waals surface area contributed by atoms with Gasteiger partial charge >= 0.3 is 0 Å². The number of nitrogens with one attached hydrogen (secondary N) is 1. The van der Waals surface area contributed by atoms with Crippen LogP contribution in [-0.2, 0) is 6.54 Å². The summed E-state index contributed by atoms with van der Waals surface area (Å²) in [5.74, 6) is -0.248. The van der Waals surface area contributed by atoms with Crippen LogP contribution in [0.25, 0.3) is 0 Å². The average Bonchev–Trinajstić information content (AvgIpc) is 2.63. The van der Waals surface area contributed by atoms with Gasteiger partial charge in [-0.15, -0.1) is 0 Å². The Labute approximate surface area is 126 Å². The van der Waals surface area contributed by atoms with Gasteiger partial charge in [0.25, 0.3) is 5.91 Å². The van der Waals surface area contributed by atoms with Crippen LogP contribution in [0.2, 0.25) is 0 Å². The third-order valence-corrected chi connectivity index (χ3v) is 3.45. The summed E-state index contributed by atoms with van der Waals surface area (Å²) in [5.41, 5.74) is 9.22. The number of rotatable bonds is 3. The van der Waals surface area contributed by atoms with E-state index >= 15 is 0 Å². The van der Waals surface area contributed by atoms with Crippen molar-refractivity contribution in [2.45, 2.75) is 27.3 Å². The Balaban J connectivity index is 2.33. The summed E-state index contributed by atoms with van der Waals surface area (Å²) in [4.78, 5) is 12.4. The maximum absolute atomic E-state index is 12.4. The molecule has 106 valence electrons. The molecule has 1 aromatic carbocycles. The number of hydrogen-bond acceptors (Lipinski definition) is 3. The summed E-state index contributed by atoms with van der Waals surface area (Å²) in [6.07, 6.45) is 0. The predicted molar refractivity (Wildman–Crippen MR) is 83.9 cm³/mol. The molecule has 0 radical (unpaired) electrons. The van der Waals surface area contributed by atoms with Gasteiger partial charge < -0.3 is 11.1 Å². The van der Waals surface area contributed by atoms with Crippen molar-refractivity contribution in [3.05, 3.63) is 39.6 Å². The first kappa shape index (κ1) is 14.6. The number of nitrogen functional groups attached to an aromatic ring is 1. The molecule has 2 rings (SSSR count). The summed E-state index contributed by atoms with van der Waals surface area (Å²) in [7, 11) is 0. The van der Waals surface area contributed by atoms with Crippen molar-refractivity contribution in [3.63, 3.8) is 0 Å². The maximum Gasteiger partial charge on any atom is 0.276 e. The summed E-state index contributed by atoms with van der Waals surface area (Å²) in [5, 5.41) is 7.11. The molecular weight excluding hydrogens is 320 g/mol. The fraction of sp³-hybridized carbons (Fsp3) is 0.286. The van der Waals surface area contributed by atoms with E-state index in [1.165, 1.54) is 0 Å². The largest absolute Gasteiger partial charge is 0.395 e. The van der Waals surface area contributed by atoms with Gasteiger partial charge in [-0.1, -0.05) is 15.9 Å². The molecule has 0 atom stereocenters. The average molecular weight is 337 g/mol. The zero-order chi connectivity index (χ0) is 14.9. The highest BCUT2D eigenvalue weighted by Gasteiger charge is 2.19. The number of benzene rings is 1. The lowest BCUT2D eigenvalue weighted by molar-refractivity contribution is 0.101. The van der Waals surface area contributed by atoms with Gasteiger partial charge in [-0.3, -0.25) is 9.48 Å². The molecule has 0 aliphatic rings. The molecule has 3 N–H and O–H groups in total. The minimum atomic E-state index is -0.248. The highest BCUT2D eigenvalue weighted by atomic mass is 79.9. The molecule has 0 aliphatic carbocycles. The molecule has 0 unspecified atom stereocenters. The molecular formula is C14H17BrN4O. The second-order valence-corrected chi connectivity index (χ2v) is 5.55. The summed E-state index contributed by atoms with van der Waals surface area (Å²) in [6, 6.07) is 5.73. The third kappa shape index (κ3) is 2.85. The molecule has 0 saturated heterocycles. The van der Waals surface area contributed by atoms with Gasteiger partial charge in [0.2, 0.25) is 0 Å². The molecule has 0 spiro atoms. The fourth-order valence-electron chi connectivity index (χ4n) is 2.06. The number of nitrogens with two attached hydrogens (primary N) is 1. The summed E-state index contributed by atoms with van der Waals surface area (Å²) < 4.78 is 2.53. The van der Waals surface area contributed by atoms with E-state index in [2.05, 4.69) is 26.3 Å². The Morgan fingerprint density at radius 1 is 1.40 bits per heavy atom. The molecule has 1 amide bonds. The van der Waals surface area contributed by atoms with Gasteiger partial charge in [0.1, 0.15) is 5.69 Å². The number of carbonyl (C=O) groups is 1. The lowest BCUT2D eigenvalue weighted by Gasteiger charge is -2.09. The normalized spacial score (nSPS) is 10.6. The van der Waals surface area contributed by atoms with Crippen LogP contribution < -0.4 is 11.1 Å². The molecule has 6 heteroatoms. The maximum atomic E-state index is 12.4. The van der Waals surface area contributed by atoms with Crippen LogP contribution in [-0.4, -0.2) is 15.7 Å². The topological polar surface area (TPSA) is 72.9 Å². The molecule has 0 fully saturated rings. The van der Waals surface area contributed by atoms with Crippen LogP contribution in [0.4, 0.5) is 11.4 Å². The molecule has 1 aromatic heterocycles. The van der Waals surface area contributed by atoms with E-state index < -0.39 is 0 Å². The number of amides is 1. The monoisotopic (exact) mass is 336 g/mol. The molecule has 2 aromatic rings. The molecule has 5 nitrogen and oxygen atoms in total. The van der Waals surface area contributed by atoms with Crippen LogP contribution in [0.5, 0.6) is 0 Å². The number of carbonyl (C=O) groups excluding carboxylic acids is 1. The smallest absolute Gasteiger partial charge is 0.276 e. The molecule has 0 bridgehead atoms. The number of hydrogen-bond donors (Lipinski definition) is 2. The van der Waals surface area contributed by atoms with E-state index in [-0.39, 0.29) is 5.91 Å². The minimum Gasteiger partial charge on any atom is -0.395 e. The molecule has 0 saturated carbocycles. The van der Waals surface area contributed by atoms with Crippen molar-refractivity contribution in [1.82, 2.24) is 9.78 Å². The van der Waals surface area contributed by atoms with Crippen LogP contribution in [0.1, 0.15) is 28.7 Å². The highest BCUT2D eigenvalue weighted by Crippen LogP contribution is 2.22. The Morgan fingerprint density at radius 2 is 2.10 bits per heavy atom. The van der Waals surface area contributed by atoms with Crippen molar-refractivity contribution in [3.8, 4) is 0 Å². The number of halogens is 1. The van der Waals surface area contributed by atoms with Crippen molar-refractivity contribution >= 4 is 33.2 Å². The van der Waals surface area contributed by atoms with E-state index in [0.717, 1.165) is 15.7 Å². The first-order chi connectivity index (χ1) is 9.42. The Kier molecular flexibility index (Phi) is 4.13. The van der Waals surface area contributed by atoms with Gasteiger partial charge in [0.15, 0.2) is 0 Å². The fourth-order valence-corrected chi connectivity index (χ4v) is 2.67. The zero-order valence-corrected chi connectivity index (χ0v) is 13.3. The van der Waals surface area contributed by atoms with E-state index in [9.17, 15) is 4.79 Å². The molecule has 20 heavy (non-hydrogen) atoms. The van der Waals surface area contributed by atoms with Crippen LogP contribution >= 0.6 is 15.9 Å². The number of aryl methyl sites for hydroxylation is 3. The van der Waals surface area contributed by atoms with E-state index in [1.807, 2.05) is 32.0 Å². The van der Waals surface area contributed by atoms with Crippen molar-refractivity contribution in [1.29, 1.82) is 0 Å². The Hall–Kier alpha value is -1.82. The zero-order valence-electron chi connectivity index (χ0n) is 11.7. The standard InChI is InChI=1S/C14H17BrN4O/c1-4-19-13(12(16)9(3)18-19)14(20)17-11-6-8(2)5-10(15)7-11/h5-7H,4,16H2,1-3H3,(H,17,20). The highest BCUT2D eigenvalue weighted by molar-refractivity contribution is 9.10. The van der Waals surface area contributed by atoms with Gasteiger partial charge in [-0.2, -0.15) is 5.10 Å². The summed E-state index contributed by atoms with van der Waals surface area (Å²) >= 11 is 3.41. The number of anilines is 2. The van der Waals surface area contributed by atoms with E-state index in [1.54, 1.807) is 11.6 Å². The lowest BCUT2D eigenvalue weighted by Crippen LogP contribution is -2.18. The lowest BCUT2D eigenvalue weighted by atomic mass is 10.2. The van der Waals surface area contributed by atoms with Gasteiger partial charge in [0, 0.05) is 16.7 Å².